The van der Waals surface area contributed by atoms with Crippen molar-refractivity contribution < 1.29 is 4.79 Å². The average Bonchev–Trinajstić information content (AvgIpc) is 2.37. The van der Waals surface area contributed by atoms with E-state index in [-0.39, 0.29) is 11.2 Å². The summed E-state index contributed by atoms with van der Waals surface area (Å²) < 4.78 is 0. The van der Waals surface area contributed by atoms with Gasteiger partial charge in [0.05, 0.1) is 5.88 Å². The van der Waals surface area contributed by atoms with E-state index in [4.69, 9.17) is 11.6 Å². The van der Waals surface area contributed by atoms with Gasteiger partial charge in [0.25, 0.3) is 0 Å². The van der Waals surface area contributed by atoms with Gasteiger partial charge >= 0.3 is 6.03 Å². The van der Waals surface area contributed by atoms with E-state index in [1.54, 1.807) is 16.7 Å². The molecular formula is C10H14ClN5OS. The second kappa shape index (κ2) is 6.10. The summed E-state index contributed by atoms with van der Waals surface area (Å²) in [5.41, 5.74) is 5.24. The smallest absolute Gasteiger partial charge is 0.314 e. The SMILES string of the molecule is CC1CSCN(C(=O)NNc2nccnc2Cl)C1. The van der Waals surface area contributed by atoms with E-state index in [1.807, 2.05) is 0 Å². The number of aromatic nitrogens is 2. The Kier molecular flexibility index (Phi) is 4.48. The molecule has 1 aromatic heterocycles. The van der Waals surface area contributed by atoms with E-state index in [1.165, 1.54) is 12.4 Å². The van der Waals surface area contributed by atoms with E-state index >= 15 is 0 Å². The van der Waals surface area contributed by atoms with Gasteiger partial charge in [-0.2, -0.15) is 0 Å². The lowest BCUT2D eigenvalue weighted by molar-refractivity contribution is 0.201. The van der Waals surface area contributed by atoms with Gasteiger partial charge in [-0.15, -0.1) is 11.8 Å². The topological polar surface area (TPSA) is 70.2 Å². The van der Waals surface area contributed by atoms with Crippen LogP contribution in [0.4, 0.5) is 10.6 Å². The average molecular weight is 288 g/mol. The van der Waals surface area contributed by atoms with E-state index < -0.39 is 0 Å². The summed E-state index contributed by atoms with van der Waals surface area (Å²) in [5.74, 6) is 2.64. The van der Waals surface area contributed by atoms with Gasteiger partial charge in [-0.3, -0.25) is 10.9 Å². The molecule has 0 spiro atoms. The number of halogens is 1. The molecule has 2 amide bonds. The minimum atomic E-state index is -0.184. The van der Waals surface area contributed by atoms with Gasteiger partial charge in [0.1, 0.15) is 0 Å². The number of thioether (sulfide) groups is 1. The number of urea groups is 1. The maximum atomic E-state index is 11.9. The molecule has 18 heavy (non-hydrogen) atoms. The molecule has 1 fully saturated rings. The van der Waals surface area contributed by atoms with Crippen LogP contribution in [0.3, 0.4) is 0 Å². The fourth-order valence-corrected chi connectivity index (χ4v) is 2.79. The first-order chi connectivity index (χ1) is 8.66. The van der Waals surface area contributed by atoms with Crippen LogP contribution in [0, 0.1) is 5.92 Å². The largest absolute Gasteiger partial charge is 0.336 e. The Morgan fingerprint density at radius 2 is 2.33 bits per heavy atom. The molecule has 1 atom stereocenters. The van der Waals surface area contributed by atoms with Crippen LogP contribution in [0.1, 0.15) is 6.92 Å². The number of hydrazine groups is 1. The molecule has 1 unspecified atom stereocenters. The zero-order chi connectivity index (χ0) is 13.0. The number of hydrogen-bond donors (Lipinski definition) is 2. The van der Waals surface area contributed by atoms with Crippen LogP contribution in [0.2, 0.25) is 5.15 Å². The van der Waals surface area contributed by atoms with Gasteiger partial charge in [-0.1, -0.05) is 18.5 Å². The second-order valence-electron chi connectivity index (χ2n) is 4.08. The number of nitrogens with one attached hydrogen (secondary N) is 2. The van der Waals surface area contributed by atoms with Crippen molar-refractivity contribution in [1.82, 2.24) is 20.3 Å². The van der Waals surface area contributed by atoms with E-state index in [2.05, 4.69) is 27.7 Å². The standard InChI is InChI=1S/C10H14ClN5OS/c1-7-4-16(6-18-5-7)10(17)15-14-9-8(11)12-2-3-13-9/h2-3,7H,4-6H2,1H3,(H,13,14)(H,15,17). The van der Waals surface area contributed by atoms with E-state index in [0.717, 1.165) is 12.3 Å². The summed E-state index contributed by atoms with van der Waals surface area (Å²) in [6.45, 7) is 2.88. The molecule has 1 aromatic rings. The summed E-state index contributed by atoms with van der Waals surface area (Å²) in [6.07, 6.45) is 2.98. The molecule has 0 aromatic carbocycles. The zero-order valence-electron chi connectivity index (χ0n) is 9.89. The van der Waals surface area contributed by atoms with Gasteiger partial charge in [-0.25, -0.2) is 14.8 Å². The van der Waals surface area contributed by atoms with Crippen molar-refractivity contribution in [2.45, 2.75) is 6.92 Å². The predicted molar refractivity (Wildman–Crippen MR) is 72.4 cm³/mol. The first-order valence-corrected chi connectivity index (χ1v) is 7.05. The Bertz CT molecular complexity index is 432. The minimum absolute atomic E-state index is 0.184. The van der Waals surface area contributed by atoms with Gasteiger partial charge in [0, 0.05) is 18.9 Å². The molecule has 2 heterocycles. The highest BCUT2D eigenvalue weighted by molar-refractivity contribution is 7.99. The summed E-state index contributed by atoms with van der Waals surface area (Å²) in [6, 6.07) is -0.184. The highest BCUT2D eigenvalue weighted by Crippen LogP contribution is 2.18. The van der Waals surface area contributed by atoms with Crippen LogP contribution in [-0.2, 0) is 0 Å². The van der Waals surface area contributed by atoms with Crippen LogP contribution in [-0.4, -0.2) is 39.1 Å². The Balaban J connectivity index is 1.86. The first kappa shape index (κ1) is 13.2. The number of nitrogens with zero attached hydrogens (tertiary/aromatic N) is 3. The molecular weight excluding hydrogens is 274 g/mol. The van der Waals surface area contributed by atoms with E-state index in [0.29, 0.717) is 17.6 Å². The number of amides is 2. The van der Waals surface area contributed by atoms with Crippen molar-refractivity contribution in [3.63, 3.8) is 0 Å². The molecule has 8 heteroatoms. The highest BCUT2D eigenvalue weighted by atomic mass is 35.5. The second-order valence-corrected chi connectivity index (χ2v) is 5.44. The summed E-state index contributed by atoms with van der Waals surface area (Å²) in [5, 5.41) is 0.221. The molecule has 0 aliphatic carbocycles. The normalized spacial score (nSPS) is 19.4. The Labute approximate surface area is 114 Å². The van der Waals surface area contributed by atoms with Crippen molar-refractivity contribution >= 4 is 35.2 Å². The Hall–Kier alpha value is -1.21. The third-order valence-electron chi connectivity index (χ3n) is 2.41. The third-order valence-corrected chi connectivity index (χ3v) is 3.99. The first-order valence-electron chi connectivity index (χ1n) is 5.52. The van der Waals surface area contributed by atoms with Crippen LogP contribution in [0.25, 0.3) is 0 Å². The Morgan fingerprint density at radius 3 is 3.06 bits per heavy atom. The number of hydrogen-bond acceptors (Lipinski definition) is 5. The lowest BCUT2D eigenvalue weighted by Gasteiger charge is -2.30. The van der Waals surface area contributed by atoms with Crippen molar-refractivity contribution in [2.75, 3.05) is 23.6 Å². The molecule has 98 valence electrons. The molecule has 6 nitrogen and oxygen atoms in total. The van der Waals surface area contributed by atoms with Crippen molar-refractivity contribution in [3.05, 3.63) is 17.5 Å². The monoisotopic (exact) mass is 287 g/mol. The summed E-state index contributed by atoms with van der Waals surface area (Å²) in [7, 11) is 0. The number of carbonyl (C=O) groups is 1. The maximum absolute atomic E-state index is 11.9. The van der Waals surface area contributed by atoms with Gasteiger partial charge in [0.2, 0.25) is 0 Å². The molecule has 2 rings (SSSR count). The highest BCUT2D eigenvalue weighted by Gasteiger charge is 2.21. The number of rotatable bonds is 2. The van der Waals surface area contributed by atoms with Crippen LogP contribution >= 0.6 is 23.4 Å². The maximum Gasteiger partial charge on any atom is 0.336 e. The summed E-state index contributed by atoms with van der Waals surface area (Å²) in [4.78, 5) is 21.4. The lowest BCUT2D eigenvalue weighted by atomic mass is 10.2. The number of anilines is 1. The van der Waals surface area contributed by atoms with Gasteiger partial charge in [0.15, 0.2) is 11.0 Å². The lowest BCUT2D eigenvalue weighted by Crippen LogP contribution is -2.46. The van der Waals surface area contributed by atoms with Crippen molar-refractivity contribution in [2.24, 2.45) is 5.92 Å². The molecule has 1 aliphatic heterocycles. The van der Waals surface area contributed by atoms with E-state index in [9.17, 15) is 4.79 Å². The summed E-state index contributed by atoms with van der Waals surface area (Å²) >= 11 is 7.56. The van der Waals surface area contributed by atoms with Crippen LogP contribution in [0.15, 0.2) is 12.4 Å². The fourth-order valence-electron chi connectivity index (χ4n) is 1.58. The van der Waals surface area contributed by atoms with Crippen molar-refractivity contribution in [1.29, 1.82) is 0 Å². The molecule has 2 N–H and O–H groups in total. The molecule has 1 saturated heterocycles. The van der Waals surface area contributed by atoms with Crippen molar-refractivity contribution in [3.8, 4) is 0 Å². The van der Waals surface area contributed by atoms with Crippen LogP contribution < -0.4 is 10.9 Å². The quantitative estimate of drug-likeness (QED) is 0.812. The molecule has 1 aliphatic rings. The third kappa shape index (κ3) is 3.39. The fraction of sp³-hybridized carbons (Fsp3) is 0.500. The minimum Gasteiger partial charge on any atom is -0.314 e. The number of carbonyl (C=O) groups excluding carboxylic acids is 1. The molecule has 0 saturated carbocycles. The predicted octanol–water partition coefficient (Wildman–Crippen LogP) is 1.81. The molecule has 0 bridgehead atoms. The zero-order valence-corrected chi connectivity index (χ0v) is 11.5. The van der Waals surface area contributed by atoms with Crippen LogP contribution in [0.5, 0.6) is 0 Å². The Morgan fingerprint density at radius 1 is 1.56 bits per heavy atom. The van der Waals surface area contributed by atoms with Gasteiger partial charge in [-0.05, 0) is 11.7 Å². The van der Waals surface area contributed by atoms with Gasteiger partial charge < -0.3 is 4.90 Å². The molecule has 0 radical (unpaired) electrons.